The minimum Gasteiger partial charge on any atom is -0.358 e. The first-order valence-electron chi connectivity index (χ1n) is 6.45. The lowest BCUT2D eigenvalue weighted by molar-refractivity contribution is -0.122. The zero-order valence-electron chi connectivity index (χ0n) is 11.6. The molecule has 2 N–H and O–H groups in total. The largest absolute Gasteiger partial charge is 0.358 e. The van der Waals surface area contributed by atoms with E-state index in [1.807, 2.05) is 10.9 Å². The average molecular weight is 288 g/mol. The van der Waals surface area contributed by atoms with Gasteiger partial charge in [-0.3, -0.25) is 4.79 Å². The lowest BCUT2D eigenvalue weighted by Crippen LogP contribution is -2.38. The van der Waals surface area contributed by atoms with Gasteiger partial charge in [0, 0.05) is 19.8 Å². The number of nitrogens with zero attached hydrogens (tertiary/aromatic N) is 3. The second-order valence-electron chi connectivity index (χ2n) is 5.25. The zero-order chi connectivity index (χ0) is 13.1. The molecule has 2 atom stereocenters. The van der Waals surface area contributed by atoms with Crippen LogP contribution in [0.5, 0.6) is 0 Å². The number of hydrogen-bond acceptors (Lipinski definition) is 4. The van der Waals surface area contributed by atoms with Crippen molar-refractivity contribution in [3.8, 4) is 0 Å². The van der Waals surface area contributed by atoms with Crippen LogP contribution in [-0.4, -0.2) is 40.5 Å². The molecule has 1 fully saturated rings. The van der Waals surface area contributed by atoms with Crippen molar-refractivity contribution in [2.24, 2.45) is 5.92 Å². The van der Waals surface area contributed by atoms with Gasteiger partial charge >= 0.3 is 0 Å². The minimum absolute atomic E-state index is 0. The van der Waals surface area contributed by atoms with Crippen molar-refractivity contribution < 1.29 is 4.79 Å². The van der Waals surface area contributed by atoms with E-state index in [-0.39, 0.29) is 30.4 Å². The summed E-state index contributed by atoms with van der Waals surface area (Å²) in [6, 6.07) is 0.110. The summed E-state index contributed by atoms with van der Waals surface area (Å²) in [5.74, 6) is 0.621. The molecule has 0 bridgehead atoms. The van der Waals surface area contributed by atoms with E-state index in [0.717, 1.165) is 25.1 Å². The van der Waals surface area contributed by atoms with Crippen LogP contribution in [0, 0.1) is 5.92 Å². The predicted octanol–water partition coefficient (Wildman–Crippen LogP) is 0.547. The number of halogens is 1. The lowest BCUT2D eigenvalue weighted by Gasteiger charge is -2.08. The van der Waals surface area contributed by atoms with Gasteiger partial charge in [-0.2, -0.15) is 0 Å². The summed E-state index contributed by atoms with van der Waals surface area (Å²) in [4.78, 5) is 11.5. The van der Waals surface area contributed by atoms with Crippen LogP contribution < -0.4 is 10.6 Å². The van der Waals surface area contributed by atoms with E-state index in [0.29, 0.717) is 5.92 Å². The molecule has 108 valence electrons. The number of likely N-dealkylation sites (N-methyl/N-ethyl adjacent to an activating group) is 1. The van der Waals surface area contributed by atoms with Crippen molar-refractivity contribution in [3.05, 3.63) is 11.9 Å². The molecule has 0 spiro atoms. The molecule has 1 aliphatic heterocycles. The zero-order valence-corrected chi connectivity index (χ0v) is 12.4. The van der Waals surface area contributed by atoms with Gasteiger partial charge < -0.3 is 10.6 Å². The van der Waals surface area contributed by atoms with Crippen molar-refractivity contribution in [3.63, 3.8) is 0 Å². The lowest BCUT2D eigenvalue weighted by atomic mass is 10.1. The highest BCUT2D eigenvalue weighted by atomic mass is 35.5. The Morgan fingerprint density at radius 1 is 1.63 bits per heavy atom. The Kier molecular flexibility index (Phi) is 5.75. The van der Waals surface area contributed by atoms with Gasteiger partial charge in [-0.1, -0.05) is 19.1 Å². The highest BCUT2D eigenvalue weighted by Gasteiger charge is 2.30. The van der Waals surface area contributed by atoms with Crippen LogP contribution >= 0.6 is 12.4 Å². The first-order valence-corrected chi connectivity index (χ1v) is 6.45. The summed E-state index contributed by atoms with van der Waals surface area (Å²) in [6.07, 6.45) is 3.71. The number of amides is 1. The van der Waals surface area contributed by atoms with Crippen LogP contribution in [0.25, 0.3) is 0 Å². The monoisotopic (exact) mass is 287 g/mol. The summed E-state index contributed by atoms with van der Waals surface area (Å²) in [6.45, 7) is 5.10. The van der Waals surface area contributed by atoms with E-state index < -0.39 is 0 Å². The van der Waals surface area contributed by atoms with Gasteiger partial charge in [-0.05, 0) is 18.8 Å². The number of nitrogens with one attached hydrogen (secondary N) is 2. The Balaban J connectivity index is 0.00000180. The summed E-state index contributed by atoms with van der Waals surface area (Å²) in [5, 5.41) is 14.2. The van der Waals surface area contributed by atoms with Gasteiger partial charge in [0.15, 0.2) is 0 Å². The Morgan fingerprint density at radius 3 is 3.00 bits per heavy atom. The molecule has 2 rings (SSSR count). The molecule has 7 heteroatoms. The average Bonchev–Trinajstić information content (AvgIpc) is 2.95. The van der Waals surface area contributed by atoms with Gasteiger partial charge in [0.2, 0.25) is 5.91 Å². The fourth-order valence-electron chi connectivity index (χ4n) is 2.30. The SMILES string of the molecule is CNC(=O)[C@@H]1C[C@@H](n2cc(CC(C)C)nn2)CN1.Cl. The van der Waals surface area contributed by atoms with E-state index in [4.69, 9.17) is 0 Å². The maximum absolute atomic E-state index is 11.5. The molecule has 0 radical (unpaired) electrons. The van der Waals surface area contributed by atoms with E-state index >= 15 is 0 Å². The summed E-state index contributed by atoms with van der Waals surface area (Å²) in [5.41, 5.74) is 1.02. The number of rotatable bonds is 4. The van der Waals surface area contributed by atoms with Gasteiger partial charge in [0.05, 0.1) is 17.8 Å². The first-order chi connectivity index (χ1) is 8.60. The third kappa shape index (κ3) is 3.91. The van der Waals surface area contributed by atoms with E-state index in [2.05, 4.69) is 34.8 Å². The first kappa shape index (κ1) is 15.9. The van der Waals surface area contributed by atoms with Crippen LogP contribution in [0.15, 0.2) is 6.20 Å². The normalized spacial score (nSPS) is 22.3. The predicted molar refractivity (Wildman–Crippen MR) is 75.3 cm³/mol. The topological polar surface area (TPSA) is 71.8 Å². The molecular formula is C12H22ClN5O. The molecule has 0 aliphatic carbocycles. The second kappa shape index (κ2) is 6.86. The van der Waals surface area contributed by atoms with Crippen molar-refractivity contribution in [2.75, 3.05) is 13.6 Å². The van der Waals surface area contributed by atoms with Crippen molar-refractivity contribution >= 4 is 18.3 Å². The number of carbonyl (C=O) groups excluding carboxylic acids is 1. The molecule has 6 nitrogen and oxygen atoms in total. The Hall–Kier alpha value is -1.14. The quantitative estimate of drug-likeness (QED) is 0.848. The molecular weight excluding hydrogens is 266 g/mol. The second-order valence-corrected chi connectivity index (χ2v) is 5.25. The molecule has 2 heterocycles. The van der Waals surface area contributed by atoms with Gasteiger partial charge in [0.1, 0.15) is 0 Å². The van der Waals surface area contributed by atoms with Crippen LogP contribution in [0.3, 0.4) is 0 Å². The van der Waals surface area contributed by atoms with Crippen LogP contribution in [0.2, 0.25) is 0 Å². The summed E-state index contributed by atoms with van der Waals surface area (Å²) < 4.78 is 1.88. The maximum Gasteiger partial charge on any atom is 0.236 e. The van der Waals surface area contributed by atoms with Crippen LogP contribution in [0.4, 0.5) is 0 Å². The fourth-order valence-corrected chi connectivity index (χ4v) is 2.30. The van der Waals surface area contributed by atoms with Gasteiger partial charge in [-0.25, -0.2) is 4.68 Å². The Bertz CT molecular complexity index is 420. The smallest absolute Gasteiger partial charge is 0.236 e. The Labute approximate surface area is 119 Å². The maximum atomic E-state index is 11.5. The molecule has 1 aliphatic rings. The number of carbonyl (C=O) groups is 1. The summed E-state index contributed by atoms with van der Waals surface area (Å²) >= 11 is 0. The van der Waals surface area contributed by atoms with Crippen molar-refractivity contribution in [1.82, 2.24) is 25.6 Å². The highest BCUT2D eigenvalue weighted by Crippen LogP contribution is 2.19. The molecule has 1 amide bonds. The third-order valence-electron chi connectivity index (χ3n) is 3.22. The molecule has 0 unspecified atom stereocenters. The molecule has 0 saturated carbocycles. The van der Waals surface area contributed by atoms with E-state index in [9.17, 15) is 4.79 Å². The molecule has 1 aromatic heterocycles. The van der Waals surface area contributed by atoms with E-state index in [1.165, 1.54) is 0 Å². The third-order valence-corrected chi connectivity index (χ3v) is 3.22. The van der Waals surface area contributed by atoms with E-state index in [1.54, 1.807) is 7.05 Å². The summed E-state index contributed by atoms with van der Waals surface area (Å²) in [7, 11) is 1.66. The van der Waals surface area contributed by atoms with Crippen molar-refractivity contribution in [2.45, 2.75) is 38.8 Å². The molecule has 1 aromatic rings. The molecule has 1 saturated heterocycles. The standard InChI is InChI=1S/C12H21N5O.ClH/c1-8(2)4-9-7-17(16-15-9)10-5-11(14-6-10)12(18)13-3;/h7-8,10-11,14H,4-6H2,1-3H3,(H,13,18);1H/t10-,11+;/m1./s1. The Morgan fingerprint density at radius 2 is 2.37 bits per heavy atom. The van der Waals surface area contributed by atoms with Gasteiger partial charge in [0.25, 0.3) is 0 Å². The number of hydrogen-bond donors (Lipinski definition) is 2. The fraction of sp³-hybridized carbons (Fsp3) is 0.750. The number of aromatic nitrogens is 3. The van der Waals surface area contributed by atoms with Crippen molar-refractivity contribution in [1.29, 1.82) is 0 Å². The molecule has 0 aromatic carbocycles. The van der Waals surface area contributed by atoms with Crippen LogP contribution in [0.1, 0.15) is 32.0 Å². The minimum atomic E-state index is -0.113. The molecule has 19 heavy (non-hydrogen) atoms. The van der Waals surface area contributed by atoms with Crippen LogP contribution in [-0.2, 0) is 11.2 Å². The highest BCUT2D eigenvalue weighted by molar-refractivity contribution is 5.85. The van der Waals surface area contributed by atoms with Gasteiger partial charge in [-0.15, -0.1) is 17.5 Å².